The second-order valence-electron chi connectivity index (χ2n) is 6.31. The van der Waals surface area contributed by atoms with Gasteiger partial charge in [-0.2, -0.15) is 5.10 Å². The highest BCUT2D eigenvalue weighted by Gasteiger charge is 2.13. The molecule has 8 nitrogen and oxygen atoms in total. The smallest absolute Gasteiger partial charge is 0.331 e. The highest BCUT2D eigenvalue weighted by atomic mass is 35.5. The molecule has 0 fully saturated rings. The Hall–Kier alpha value is -3.39. The lowest BCUT2D eigenvalue weighted by atomic mass is 10.1. The van der Waals surface area contributed by atoms with Gasteiger partial charge >= 0.3 is 5.97 Å². The predicted molar refractivity (Wildman–Crippen MR) is 107 cm³/mol. The molecule has 0 aliphatic heterocycles. The summed E-state index contributed by atoms with van der Waals surface area (Å²) in [6.07, 6.45) is 4.04. The van der Waals surface area contributed by atoms with E-state index < -0.39 is 18.5 Å². The van der Waals surface area contributed by atoms with E-state index in [1.54, 1.807) is 11.6 Å². The second kappa shape index (κ2) is 9.20. The molecule has 3 aromatic rings. The van der Waals surface area contributed by atoms with Crippen molar-refractivity contribution < 1.29 is 18.8 Å². The number of carbonyl (C=O) groups excluding carboxylic acids is 2. The summed E-state index contributed by atoms with van der Waals surface area (Å²) in [5.41, 5.74) is 3.53. The van der Waals surface area contributed by atoms with E-state index in [-0.39, 0.29) is 5.82 Å². The van der Waals surface area contributed by atoms with Crippen LogP contribution in [-0.4, -0.2) is 33.4 Å². The van der Waals surface area contributed by atoms with Crippen molar-refractivity contribution in [2.45, 2.75) is 20.4 Å². The molecule has 1 aromatic carbocycles. The lowest BCUT2D eigenvalue weighted by molar-refractivity contribution is -0.142. The molecule has 0 aliphatic rings. The number of amides is 1. The zero-order valence-corrected chi connectivity index (χ0v) is 16.6. The molecule has 1 N–H and O–H groups in total. The summed E-state index contributed by atoms with van der Waals surface area (Å²) in [6.45, 7) is 3.89. The number of ether oxygens (including phenoxy) is 1. The van der Waals surface area contributed by atoms with Gasteiger partial charge in [-0.05, 0) is 25.5 Å². The van der Waals surface area contributed by atoms with Gasteiger partial charge in [0.2, 0.25) is 0 Å². The van der Waals surface area contributed by atoms with Crippen LogP contribution in [0.15, 0.2) is 47.2 Å². The van der Waals surface area contributed by atoms with Crippen LogP contribution < -0.4 is 5.32 Å². The number of esters is 1. The normalized spacial score (nSPS) is 11.0. The van der Waals surface area contributed by atoms with E-state index in [1.807, 2.05) is 31.2 Å². The number of carbonyl (C=O) groups is 2. The molecule has 2 heterocycles. The first-order valence-corrected chi connectivity index (χ1v) is 9.13. The largest absolute Gasteiger partial charge is 0.452 e. The zero-order chi connectivity index (χ0) is 20.8. The second-order valence-corrected chi connectivity index (χ2v) is 6.67. The summed E-state index contributed by atoms with van der Waals surface area (Å²) >= 11 is 6.42. The number of halogens is 1. The Morgan fingerprint density at radius 3 is 2.69 bits per heavy atom. The van der Waals surface area contributed by atoms with Crippen molar-refractivity contribution in [3.63, 3.8) is 0 Å². The van der Waals surface area contributed by atoms with Crippen LogP contribution in [0, 0.1) is 13.8 Å². The van der Waals surface area contributed by atoms with Gasteiger partial charge in [-0.3, -0.25) is 4.79 Å². The minimum absolute atomic E-state index is 0.241. The first-order valence-electron chi connectivity index (χ1n) is 8.76. The van der Waals surface area contributed by atoms with Gasteiger partial charge in [0.05, 0.1) is 12.2 Å². The standard InChI is InChI=1S/C20H19ClN4O4/c1-13-3-5-15(6-4-13)11-25-20(21)16(14(2)23-25)7-8-19(27)28-12-18(26)22-17-9-10-29-24-17/h3-10H,11-12H2,1-2H3,(H,22,24,26)/b8-7+. The molecule has 150 valence electrons. The van der Waals surface area contributed by atoms with Crippen LogP contribution in [0.25, 0.3) is 6.08 Å². The van der Waals surface area contributed by atoms with Gasteiger partial charge < -0.3 is 14.6 Å². The average molecular weight is 415 g/mol. The van der Waals surface area contributed by atoms with Gasteiger partial charge in [-0.25, -0.2) is 9.48 Å². The minimum Gasteiger partial charge on any atom is -0.452 e. The molecule has 1 amide bonds. The minimum atomic E-state index is -0.679. The number of rotatable bonds is 7. The summed E-state index contributed by atoms with van der Waals surface area (Å²) in [5, 5.41) is 10.8. The van der Waals surface area contributed by atoms with Crippen molar-refractivity contribution in [2.75, 3.05) is 11.9 Å². The van der Waals surface area contributed by atoms with Gasteiger partial charge in [0.15, 0.2) is 12.4 Å². The quantitative estimate of drug-likeness (QED) is 0.470. The molecule has 2 aromatic heterocycles. The van der Waals surface area contributed by atoms with Crippen LogP contribution in [0.4, 0.5) is 5.82 Å². The van der Waals surface area contributed by atoms with Crippen molar-refractivity contribution >= 4 is 35.4 Å². The maximum Gasteiger partial charge on any atom is 0.331 e. The number of nitrogens with zero attached hydrogens (tertiary/aromatic N) is 3. The maximum atomic E-state index is 11.9. The predicted octanol–water partition coefficient (Wildman–Crippen LogP) is 3.38. The third-order valence-electron chi connectivity index (χ3n) is 4.00. The van der Waals surface area contributed by atoms with Gasteiger partial charge in [0, 0.05) is 17.7 Å². The van der Waals surface area contributed by atoms with Crippen molar-refractivity contribution in [1.29, 1.82) is 0 Å². The maximum absolute atomic E-state index is 11.9. The van der Waals surface area contributed by atoms with Crippen LogP contribution >= 0.6 is 11.6 Å². The number of aromatic nitrogens is 3. The Morgan fingerprint density at radius 2 is 2.00 bits per heavy atom. The van der Waals surface area contributed by atoms with E-state index in [2.05, 4.69) is 20.1 Å². The Balaban J connectivity index is 1.58. The van der Waals surface area contributed by atoms with E-state index in [0.717, 1.165) is 5.56 Å². The first kappa shape index (κ1) is 20.3. The zero-order valence-electron chi connectivity index (χ0n) is 15.9. The summed E-state index contributed by atoms with van der Waals surface area (Å²) < 4.78 is 11.2. The summed E-state index contributed by atoms with van der Waals surface area (Å²) in [7, 11) is 0. The van der Waals surface area contributed by atoms with Crippen molar-refractivity contribution in [3.05, 3.63) is 70.2 Å². The third kappa shape index (κ3) is 5.55. The van der Waals surface area contributed by atoms with Crippen LogP contribution in [0.1, 0.15) is 22.4 Å². The Kier molecular flexibility index (Phi) is 6.46. The molecule has 9 heteroatoms. The lowest BCUT2D eigenvalue weighted by Gasteiger charge is -2.04. The van der Waals surface area contributed by atoms with E-state index >= 15 is 0 Å². The summed E-state index contributed by atoms with van der Waals surface area (Å²) in [4.78, 5) is 23.5. The molecule has 0 atom stereocenters. The molecule has 0 unspecified atom stereocenters. The molecule has 0 saturated carbocycles. The molecule has 0 bridgehead atoms. The number of benzene rings is 1. The number of hydrogen-bond donors (Lipinski definition) is 1. The first-order chi connectivity index (χ1) is 13.9. The summed E-state index contributed by atoms with van der Waals surface area (Å²) in [6, 6.07) is 9.54. The van der Waals surface area contributed by atoms with Crippen molar-refractivity contribution in [2.24, 2.45) is 0 Å². The van der Waals surface area contributed by atoms with Crippen molar-refractivity contribution in [3.8, 4) is 0 Å². The average Bonchev–Trinajstić information content (AvgIpc) is 3.29. The molecule has 3 rings (SSSR count). The Bertz CT molecular complexity index is 1020. The molecule has 29 heavy (non-hydrogen) atoms. The highest BCUT2D eigenvalue weighted by Crippen LogP contribution is 2.22. The topological polar surface area (TPSA) is 99.2 Å². The molecule has 0 radical (unpaired) electrons. The van der Waals surface area contributed by atoms with Gasteiger partial charge in [0.1, 0.15) is 11.4 Å². The molecule has 0 aliphatic carbocycles. The van der Waals surface area contributed by atoms with Crippen LogP contribution in [0.5, 0.6) is 0 Å². The number of nitrogens with one attached hydrogen (secondary N) is 1. The monoisotopic (exact) mass is 414 g/mol. The Labute approximate surface area is 172 Å². The fourth-order valence-electron chi connectivity index (χ4n) is 2.52. The van der Waals surface area contributed by atoms with Crippen LogP contribution in [0.2, 0.25) is 5.15 Å². The Morgan fingerprint density at radius 1 is 1.24 bits per heavy atom. The number of anilines is 1. The third-order valence-corrected chi connectivity index (χ3v) is 4.40. The van der Waals surface area contributed by atoms with Gasteiger partial charge in [-0.15, -0.1) is 0 Å². The van der Waals surface area contributed by atoms with Gasteiger partial charge in [0.25, 0.3) is 5.91 Å². The molecule has 0 spiro atoms. The number of aryl methyl sites for hydroxylation is 2. The van der Waals surface area contributed by atoms with Crippen LogP contribution in [0.3, 0.4) is 0 Å². The SMILES string of the molecule is Cc1ccc(Cn2nc(C)c(/C=C/C(=O)OCC(=O)Nc3ccon3)c2Cl)cc1. The molecular weight excluding hydrogens is 396 g/mol. The van der Waals surface area contributed by atoms with E-state index in [1.165, 1.54) is 30.0 Å². The number of hydrogen-bond acceptors (Lipinski definition) is 6. The lowest BCUT2D eigenvalue weighted by Crippen LogP contribution is -2.20. The molecular formula is C20H19ClN4O4. The fourth-order valence-corrected chi connectivity index (χ4v) is 2.82. The molecule has 0 saturated heterocycles. The highest BCUT2D eigenvalue weighted by molar-refractivity contribution is 6.31. The van der Waals surface area contributed by atoms with Crippen LogP contribution in [-0.2, 0) is 20.9 Å². The van der Waals surface area contributed by atoms with Crippen molar-refractivity contribution in [1.82, 2.24) is 14.9 Å². The van der Waals surface area contributed by atoms with Gasteiger partial charge in [-0.1, -0.05) is 46.6 Å². The van der Waals surface area contributed by atoms with E-state index in [0.29, 0.717) is 23.0 Å². The van der Waals surface area contributed by atoms with E-state index in [4.69, 9.17) is 16.3 Å². The van der Waals surface area contributed by atoms with E-state index in [9.17, 15) is 9.59 Å². The fraction of sp³-hybridized carbons (Fsp3) is 0.200. The summed E-state index contributed by atoms with van der Waals surface area (Å²) in [5.74, 6) is -0.965.